The van der Waals surface area contributed by atoms with E-state index in [1.807, 2.05) is 48.2 Å². The van der Waals surface area contributed by atoms with E-state index >= 15 is 0 Å². The van der Waals surface area contributed by atoms with Crippen LogP contribution in [0.4, 0.5) is 0 Å². The number of carbonyl (C=O) groups is 1. The number of sulfonamides is 1. The lowest BCUT2D eigenvalue weighted by atomic mass is 10.1. The molecule has 1 N–H and O–H groups in total. The van der Waals surface area contributed by atoms with Gasteiger partial charge in [-0.05, 0) is 67.1 Å². The Labute approximate surface area is 190 Å². The van der Waals surface area contributed by atoms with E-state index in [0.29, 0.717) is 37.6 Å². The van der Waals surface area contributed by atoms with Crippen LogP contribution >= 0.6 is 0 Å². The molecule has 0 radical (unpaired) electrons. The summed E-state index contributed by atoms with van der Waals surface area (Å²) in [5.41, 5.74) is 3.42. The Bertz CT molecular complexity index is 1060. The number of carbonyl (C=O) groups excluding carboxylic acids is 1. The second-order valence-electron chi connectivity index (χ2n) is 8.47. The molecule has 0 aromatic heterocycles. The molecule has 1 aliphatic heterocycles. The summed E-state index contributed by atoms with van der Waals surface area (Å²) in [4.78, 5) is 15.1. The van der Waals surface area contributed by atoms with Gasteiger partial charge >= 0.3 is 0 Å². The van der Waals surface area contributed by atoms with Gasteiger partial charge in [-0.25, -0.2) is 8.42 Å². The van der Waals surface area contributed by atoms with Crippen LogP contribution in [0.25, 0.3) is 0 Å². The molecule has 1 amide bonds. The first-order valence-corrected chi connectivity index (χ1v) is 12.6. The lowest BCUT2D eigenvalue weighted by Gasteiger charge is -2.36. The van der Waals surface area contributed by atoms with Crippen molar-refractivity contribution in [1.29, 1.82) is 0 Å². The van der Waals surface area contributed by atoms with Gasteiger partial charge in [-0.3, -0.25) is 9.69 Å². The number of fused-ring (bicyclic) bond motifs is 1. The van der Waals surface area contributed by atoms with Crippen molar-refractivity contribution in [3.8, 4) is 5.75 Å². The summed E-state index contributed by atoms with van der Waals surface area (Å²) >= 11 is 0. The van der Waals surface area contributed by atoms with Crippen molar-refractivity contribution in [3.05, 3.63) is 59.2 Å². The summed E-state index contributed by atoms with van der Waals surface area (Å²) in [6.45, 7) is 4.14. The zero-order chi connectivity index (χ0) is 22.7. The molecule has 1 heterocycles. The van der Waals surface area contributed by atoms with E-state index in [2.05, 4.69) is 5.32 Å². The van der Waals surface area contributed by atoms with Crippen LogP contribution in [-0.2, 0) is 34.2 Å². The number of amides is 1. The second-order valence-corrected chi connectivity index (χ2v) is 10.4. The van der Waals surface area contributed by atoms with Gasteiger partial charge in [0.2, 0.25) is 15.9 Å². The molecule has 0 spiro atoms. The highest BCUT2D eigenvalue weighted by molar-refractivity contribution is 7.89. The van der Waals surface area contributed by atoms with Crippen molar-refractivity contribution in [2.45, 2.75) is 43.7 Å². The zero-order valence-corrected chi connectivity index (χ0v) is 19.5. The number of nitrogens with one attached hydrogen (secondary N) is 1. The van der Waals surface area contributed by atoms with Gasteiger partial charge in [0.15, 0.2) is 0 Å². The Kier molecular flexibility index (Phi) is 6.83. The first-order valence-electron chi connectivity index (χ1n) is 11.1. The largest absolute Gasteiger partial charge is 0.497 e. The van der Waals surface area contributed by atoms with E-state index in [1.54, 1.807) is 17.5 Å². The number of aryl methyl sites for hydroxylation is 2. The Hall–Kier alpha value is -2.42. The molecule has 4 rings (SSSR count). The van der Waals surface area contributed by atoms with Crippen LogP contribution in [0.3, 0.4) is 0 Å². The summed E-state index contributed by atoms with van der Waals surface area (Å²) < 4.78 is 32.9. The number of benzene rings is 2. The second kappa shape index (κ2) is 9.60. The van der Waals surface area contributed by atoms with E-state index in [-0.39, 0.29) is 11.9 Å². The van der Waals surface area contributed by atoms with Crippen molar-refractivity contribution in [2.24, 2.45) is 0 Å². The highest BCUT2D eigenvalue weighted by Gasteiger charge is 2.32. The molecule has 2 aromatic carbocycles. The Morgan fingerprint density at radius 1 is 1.03 bits per heavy atom. The van der Waals surface area contributed by atoms with E-state index < -0.39 is 10.0 Å². The summed E-state index contributed by atoms with van der Waals surface area (Å²) in [5, 5.41) is 2.97. The summed E-state index contributed by atoms with van der Waals surface area (Å²) in [6.07, 6.45) is 3.08. The highest BCUT2D eigenvalue weighted by Crippen LogP contribution is 2.27. The number of hydrogen-bond acceptors (Lipinski definition) is 5. The van der Waals surface area contributed by atoms with Crippen molar-refractivity contribution in [3.63, 3.8) is 0 Å². The topological polar surface area (TPSA) is 79.0 Å². The molecule has 1 fully saturated rings. The third kappa shape index (κ3) is 4.82. The first kappa shape index (κ1) is 22.8. The lowest BCUT2D eigenvalue weighted by Crippen LogP contribution is -2.54. The molecular weight excluding hydrogens is 426 g/mol. The van der Waals surface area contributed by atoms with Crippen molar-refractivity contribution < 1.29 is 17.9 Å². The third-order valence-electron chi connectivity index (χ3n) is 6.53. The normalized spacial score (nSPS) is 18.2. The minimum Gasteiger partial charge on any atom is -0.497 e. The summed E-state index contributed by atoms with van der Waals surface area (Å²) in [6, 6.07) is 12.8. The summed E-state index contributed by atoms with van der Waals surface area (Å²) in [5.74, 6) is 0.719. The molecule has 7 nitrogen and oxygen atoms in total. The molecule has 172 valence electrons. The number of ether oxygens (including phenoxy) is 1. The number of methoxy groups -OCH3 is 1. The van der Waals surface area contributed by atoms with Crippen molar-refractivity contribution in [1.82, 2.24) is 14.5 Å². The molecule has 32 heavy (non-hydrogen) atoms. The third-order valence-corrected chi connectivity index (χ3v) is 8.43. The number of hydrogen-bond donors (Lipinski definition) is 1. The van der Waals surface area contributed by atoms with Crippen LogP contribution in [0.2, 0.25) is 0 Å². The minimum atomic E-state index is -3.51. The molecule has 0 unspecified atom stereocenters. The molecular formula is C24H31N3O4S. The van der Waals surface area contributed by atoms with E-state index in [0.717, 1.165) is 36.1 Å². The fourth-order valence-corrected chi connectivity index (χ4v) is 5.91. The predicted molar refractivity (Wildman–Crippen MR) is 123 cm³/mol. The van der Waals surface area contributed by atoms with Crippen LogP contribution < -0.4 is 10.1 Å². The molecule has 1 aliphatic carbocycles. The van der Waals surface area contributed by atoms with E-state index in [4.69, 9.17) is 4.74 Å². The van der Waals surface area contributed by atoms with Gasteiger partial charge < -0.3 is 10.1 Å². The zero-order valence-electron chi connectivity index (χ0n) is 18.7. The first-order chi connectivity index (χ1) is 15.4. The van der Waals surface area contributed by atoms with Crippen LogP contribution in [0.5, 0.6) is 5.75 Å². The summed E-state index contributed by atoms with van der Waals surface area (Å²) in [7, 11) is -1.89. The van der Waals surface area contributed by atoms with E-state index in [9.17, 15) is 13.2 Å². The number of rotatable bonds is 7. The molecule has 0 saturated carbocycles. The number of nitrogens with zero attached hydrogens (tertiary/aromatic N) is 2. The maximum Gasteiger partial charge on any atom is 0.243 e. The van der Waals surface area contributed by atoms with Gasteiger partial charge in [0, 0.05) is 32.7 Å². The highest BCUT2D eigenvalue weighted by atomic mass is 32.2. The van der Waals surface area contributed by atoms with Crippen LogP contribution in [0.1, 0.15) is 30.0 Å². The average Bonchev–Trinajstić information content (AvgIpc) is 3.30. The van der Waals surface area contributed by atoms with Gasteiger partial charge in [-0.2, -0.15) is 4.31 Å². The maximum atomic E-state index is 13.1. The Balaban J connectivity index is 1.30. The molecule has 2 aliphatic rings. The lowest BCUT2D eigenvalue weighted by molar-refractivity contribution is -0.126. The number of piperazine rings is 1. The minimum absolute atomic E-state index is 0.0595. The van der Waals surface area contributed by atoms with E-state index in [1.165, 1.54) is 5.56 Å². The monoisotopic (exact) mass is 457 g/mol. The fourth-order valence-electron chi connectivity index (χ4n) is 4.44. The van der Waals surface area contributed by atoms with Gasteiger partial charge in [0.25, 0.3) is 0 Å². The van der Waals surface area contributed by atoms with Crippen molar-refractivity contribution in [2.75, 3.05) is 33.3 Å². The van der Waals surface area contributed by atoms with Crippen LogP contribution in [-0.4, -0.2) is 62.9 Å². The fraction of sp³-hybridized carbons (Fsp3) is 0.458. The Morgan fingerprint density at radius 2 is 1.72 bits per heavy atom. The molecule has 1 atom stereocenters. The maximum absolute atomic E-state index is 13.1. The Morgan fingerprint density at radius 3 is 2.41 bits per heavy atom. The van der Waals surface area contributed by atoms with Crippen LogP contribution in [0, 0.1) is 0 Å². The standard InChI is InChI=1S/C24H31N3O4S/c1-18(24(28)25-17-19-6-9-22(31-2)10-7-19)26-12-14-27(15-13-26)32(29,30)23-11-8-20-4-3-5-21(20)16-23/h6-11,16,18H,3-5,12-15,17H2,1-2H3,(H,25,28)/t18-/m1/s1. The van der Waals surface area contributed by atoms with Gasteiger partial charge in [-0.1, -0.05) is 18.2 Å². The van der Waals surface area contributed by atoms with Gasteiger partial charge in [0.05, 0.1) is 18.0 Å². The van der Waals surface area contributed by atoms with Crippen molar-refractivity contribution >= 4 is 15.9 Å². The molecule has 2 aromatic rings. The van der Waals surface area contributed by atoms with Gasteiger partial charge in [0.1, 0.15) is 5.75 Å². The molecule has 1 saturated heterocycles. The molecule has 0 bridgehead atoms. The smallest absolute Gasteiger partial charge is 0.243 e. The predicted octanol–water partition coefficient (Wildman–Crippen LogP) is 2.20. The van der Waals surface area contributed by atoms with Crippen LogP contribution in [0.15, 0.2) is 47.4 Å². The van der Waals surface area contributed by atoms with Gasteiger partial charge in [-0.15, -0.1) is 0 Å². The quantitative estimate of drug-likeness (QED) is 0.690. The average molecular weight is 458 g/mol. The molecule has 8 heteroatoms. The SMILES string of the molecule is COc1ccc(CNC(=O)[C@@H](C)N2CCN(S(=O)(=O)c3ccc4c(c3)CCC4)CC2)cc1.